The van der Waals surface area contributed by atoms with Gasteiger partial charge in [0.2, 0.25) is 0 Å². The van der Waals surface area contributed by atoms with Crippen LogP contribution in [0.5, 0.6) is 0 Å². The van der Waals surface area contributed by atoms with E-state index < -0.39 is 17.8 Å². The van der Waals surface area contributed by atoms with Crippen molar-refractivity contribution in [2.45, 2.75) is 17.2 Å². The maximum Gasteiger partial charge on any atom is 0.416 e. The number of amides is 1. The van der Waals surface area contributed by atoms with E-state index in [1.807, 2.05) is 24.5 Å². The highest BCUT2D eigenvalue weighted by molar-refractivity contribution is 7.98. The highest BCUT2D eigenvalue weighted by Gasteiger charge is 2.31. The third-order valence-electron chi connectivity index (χ3n) is 4.30. The van der Waals surface area contributed by atoms with E-state index in [0.29, 0.717) is 30.8 Å². The van der Waals surface area contributed by atoms with Gasteiger partial charge < -0.3 is 9.64 Å². The Hall–Kier alpha value is -1.99. The van der Waals surface area contributed by atoms with Crippen molar-refractivity contribution in [3.05, 3.63) is 65.2 Å². The molecule has 1 saturated heterocycles. The minimum Gasteiger partial charge on any atom is -0.370 e. The molecule has 1 aliphatic heterocycles. The number of ether oxygens (including phenoxy) is 1. The summed E-state index contributed by atoms with van der Waals surface area (Å²) in [6.45, 7) is 1.12. The normalized spacial score (nSPS) is 18.0. The molecular formula is C19H18F3NO2S. The minimum absolute atomic E-state index is 0.0878. The number of halogens is 3. The Kier molecular flexibility index (Phi) is 5.58. The molecule has 0 aromatic heterocycles. The van der Waals surface area contributed by atoms with Crippen LogP contribution in [0.3, 0.4) is 0 Å². The average Bonchev–Trinajstić information content (AvgIpc) is 2.67. The summed E-state index contributed by atoms with van der Waals surface area (Å²) in [6.07, 6.45) is -2.89. The lowest BCUT2D eigenvalue weighted by Gasteiger charge is -2.33. The molecule has 26 heavy (non-hydrogen) atoms. The van der Waals surface area contributed by atoms with Gasteiger partial charge in [-0.15, -0.1) is 11.8 Å². The second-order valence-electron chi connectivity index (χ2n) is 5.93. The molecule has 0 radical (unpaired) electrons. The lowest BCUT2D eigenvalue weighted by molar-refractivity contribution is -0.137. The zero-order chi connectivity index (χ0) is 18.7. The fourth-order valence-corrected chi connectivity index (χ4v) is 3.50. The second kappa shape index (κ2) is 7.72. The van der Waals surface area contributed by atoms with Crippen molar-refractivity contribution in [2.75, 3.05) is 26.0 Å². The molecule has 2 aromatic rings. The highest BCUT2D eigenvalue weighted by Crippen LogP contribution is 2.31. The van der Waals surface area contributed by atoms with Gasteiger partial charge in [-0.05, 0) is 36.1 Å². The summed E-state index contributed by atoms with van der Waals surface area (Å²) in [6, 6.07) is 12.3. The number of rotatable bonds is 3. The number of morpholine rings is 1. The molecule has 0 N–H and O–H groups in total. The number of nitrogens with zero attached hydrogens (tertiary/aromatic N) is 1. The molecule has 0 saturated carbocycles. The van der Waals surface area contributed by atoms with E-state index in [-0.39, 0.29) is 5.91 Å². The molecule has 0 bridgehead atoms. The first-order chi connectivity index (χ1) is 12.4. The standard InChI is InChI=1S/C19H18F3NO2S/c1-26-17-5-3-2-4-15(17)18(24)23-10-11-25-16(12-23)13-6-8-14(9-7-13)19(20,21)22/h2-9,16H,10-12H2,1H3. The number of hydrogen-bond donors (Lipinski definition) is 0. The van der Waals surface area contributed by atoms with Crippen molar-refractivity contribution in [2.24, 2.45) is 0 Å². The van der Waals surface area contributed by atoms with E-state index in [2.05, 4.69) is 0 Å². The van der Waals surface area contributed by atoms with Crippen molar-refractivity contribution < 1.29 is 22.7 Å². The van der Waals surface area contributed by atoms with Crippen LogP contribution in [-0.4, -0.2) is 36.8 Å². The molecule has 138 valence electrons. The van der Waals surface area contributed by atoms with Crippen LogP contribution in [0.15, 0.2) is 53.4 Å². The SMILES string of the molecule is CSc1ccccc1C(=O)N1CCOC(c2ccc(C(F)(F)F)cc2)C1. The van der Waals surface area contributed by atoms with Crippen molar-refractivity contribution in [1.29, 1.82) is 0 Å². The van der Waals surface area contributed by atoms with Gasteiger partial charge in [0.05, 0.1) is 24.3 Å². The van der Waals surface area contributed by atoms with E-state index >= 15 is 0 Å². The number of alkyl halides is 3. The molecular weight excluding hydrogens is 363 g/mol. The highest BCUT2D eigenvalue weighted by atomic mass is 32.2. The Morgan fingerprint density at radius 3 is 2.50 bits per heavy atom. The van der Waals surface area contributed by atoms with E-state index in [4.69, 9.17) is 4.74 Å². The lowest BCUT2D eigenvalue weighted by atomic mass is 10.0. The number of carbonyl (C=O) groups is 1. The predicted octanol–water partition coefficient (Wildman–Crippen LogP) is 4.64. The first-order valence-corrected chi connectivity index (χ1v) is 9.33. The van der Waals surface area contributed by atoms with Crippen LogP contribution < -0.4 is 0 Å². The van der Waals surface area contributed by atoms with Gasteiger partial charge >= 0.3 is 6.18 Å². The van der Waals surface area contributed by atoms with E-state index in [9.17, 15) is 18.0 Å². The van der Waals surface area contributed by atoms with Crippen LogP contribution in [-0.2, 0) is 10.9 Å². The summed E-state index contributed by atoms with van der Waals surface area (Å²) in [7, 11) is 0. The maximum absolute atomic E-state index is 12.9. The largest absolute Gasteiger partial charge is 0.416 e. The Morgan fingerprint density at radius 2 is 1.85 bits per heavy atom. The van der Waals surface area contributed by atoms with Gasteiger partial charge in [0.1, 0.15) is 6.10 Å². The summed E-state index contributed by atoms with van der Waals surface area (Å²) < 4.78 is 43.8. The zero-order valence-corrected chi connectivity index (χ0v) is 14.9. The molecule has 3 nitrogen and oxygen atoms in total. The maximum atomic E-state index is 12.9. The van der Waals surface area contributed by atoms with E-state index in [1.165, 1.54) is 23.9 Å². The topological polar surface area (TPSA) is 29.5 Å². The third kappa shape index (κ3) is 4.04. The van der Waals surface area contributed by atoms with Crippen LogP contribution in [0.2, 0.25) is 0 Å². The summed E-state index contributed by atoms with van der Waals surface area (Å²) in [4.78, 5) is 15.4. The third-order valence-corrected chi connectivity index (χ3v) is 5.10. The first-order valence-electron chi connectivity index (χ1n) is 8.11. The number of thioether (sulfide) groups is 1. The molecule has 1 atom stereocenters. The summed E-state index contributed by atoms with van der Waals surface area (Å²) in [5, 5.41) is 0. The van der Waals surface area contributed by atoms with Crippen molar-refractivity contribution in [3.8, 4) is 0 Å². The minimum atomic E-state index is -4.37. The van der Waals surface area contributed by atoms with Crippen LogP contribution in [0.1, 0.15) is 27.6 Å². The van der Waals surface area contributed by atoms with Gasteiger partial charge in [-0.3, -0.25) is 4.79 Å². The Balaban J connectivity index is 1.76. The molecule has 3 rings (SSSR count). The van der Waals surface area contributed by atoms with Crippen LogP contribution in [0.25, 0.3) is 0 Å². The molecule has 1 heterocycles. The average molecular weight is 381 g/mol. The molecule has 1 aliphatic rings. The van der Waals surface area contributed by atoms with Crippen LogP contribution in [0, 0.1) is 0 Å². The molecule has 2 aromatic carbocycles. The number of benzene rings is 2. The quantitative estimate of drug-likeness (QED) is 0.726. The predicted molar refractivity (Wildman–Crippen MR) is 94.3 cm³/mol. The van der Waals surface area contributed by atoms with E-state index in [0.717, 1.165) is 17.0 Å². The van der Waals surface area contributed by atoms with Gasteiger partial charge in [0.15, 0.2) is 0 Å². The van der Waals surface area contributed by atoms with Gasteiger partial charge in [0.25, 0.3) is 5.91 Å². The summed E-state index contributed by atoms with van der Waals surface area (Å²) >= 11 is 1.50. The molecule has 1 unspecified atom stereocenters. The molecule has 1 fully saturated rings. The number of hydrogen-bond acceptors (Lipinski definition) is 3. The smallest absolute Gasteiger partial charge is 0.370 e. The van der Waals surface area contributed by atoms with Crippen LogP contribution in [0.4, 0.5) is 13.2 Å². The fraction of sp³-hybridized carbons (Fsp3) is 0.316. The van der Waals surface area contributed by atoms with Crippen molar-refractivity contribution in [1.82, 2.24) is 4.90 Å². The zero-order valence-electron chi connectivity index (χ0n) is 14.1. The monoisotopic (exact) mass is 381 g/mol. The van der Waals surface area contributed by atoms with Crippen LogP contribution >= 0.6 is 11.8 Å². The fourth-order valence-electron chi connectivity index (χ4n) is 2.91. The lowest BCUT2D eigenvalue weighted by Crippen LogP contribution is -2.42. The van der Waals surface area contributed by atoms with E-state index in [1.54, 1.807) is 11.0 Å². The Morgan fingerprint density at radius 1 is 1.15 bits per heavy atom. The van der Waals surface area contributed by atoms with Gasteiger partial charge in [-0.1, -0.05) is 24.3 Å². The van der Waals surface area contributed by atoms with Gasteiger partial charge in [0, 0.05) is 11.4 Å². The second-order valence-corrected chi connectivity index (χ2v) is 6.78. The molecule has 1 amide bonds. The number of carbonyl (C=O) groups excluding carboxylic acids is 1. The molecule has 0 spiro atoms. The first kappa shape index (κ1) is 18.8. The summed E-state index contributed by atoms with van der Waals surface area (Å²) in [5.74, 6) is -0.0878. The van der Waals surface area contributed by atoms with Gasteiger partial charge in [-0.25, -0.2) is 0 Å². The molecule has 7 heteroatoms. The van der Waals surface area contributed by atoms with Crippen molar-refractivity contribution in [3.63, 3.8) is 0 Å². The summed E-state index contributed by atoms with van der Waals surface area (Å²) in [5.41, 5.74) is 0.570. The van der Waals surface area contributed by atoms with Gasteiger partial charge in [-0.2, -0.15) is 13.2 Å². The van der Waals surface area contributed by atoms with Crippen molar-refractivity contribution >= 4 is 17.7 Å². The molecule has 0 aliphatic carbocycles. The Labute approximate surface area is 154 Å². The Bertz CT molecular complexity index is 777.